The van der Waals surface area contributed by atoms with E-state index in [9.17, 15) is 19.2 Å². The Bertz CT molecular complexity index is 1640. The van der Waals surface area contributed by atoms with Crippen LogP contribution in [-0.2, 0) is 4.74 Å². The van der Waals surface area contributed by atoms with Gasteiger partial charge in [-0.1, -0.05) is 55.8 Å². The molecule has 4 aromatic rings. The summed E-state index contributed by atoms with van der Waals surface area (Å²) in [5, 5.41) is 0. The van der Waals surface area contributed by atoms with E-state index < -0.39 is 23.9 Å². The monoisotopic (exact) mass is 547 g/mol. The molecular weight excluding hydrogens is 518 g/mol. The number of anilines is 1. The minimum atomic E-state index is -0.957. The van der Waals surface area contributed by atoms with E-state index in [2.05, 4.69) is 0 Å². The fourth-order valence-corrected chi connectivity index (χ4v) is 4.70. The van der Waals surface area contributed by atoms with Gasteiger partial charge in [0.05, 0.1) is 22.4 Å². The van der Waals surface area contributed by atoms with Crippen molar-refractivity contribution < 1.29 is 28.7 Å². The van der Waals surface area contributed by atoms with Crippen LogP contribution in [0, 0.1) is 13.8 Å². The molecule has 7 heteroatoms. The third kappa shape index (κ3) is 5.65. The zero-order valence-electron chi connectivity index (χ0n) is 23.0. The molecule has 0 N–H and O–H groups in total. The maximum absolute atomic E-state index is 13.3. The van der Waals surface area contributed by atoms with Gasteiger partial charge in [-0.15, -0.1) is 0 Å². The van der Waals surface area contributed by atoms with Gasteiger partial charge in [0.2, 0.25) is 5.78 Å². The summed E-state index contributed by atoms with van der Waals surface area (Å²) in [6.45, 7) is 5.84. The molecule has 0 spiro atoms. The Morgan fingerprint density at radius 1 is 0.780 bits per heavy atom. The number of Topliss-reactive ketones (excluding diaryl/α,β-unsaturated/α-hetero) is 1. The van der Waals surface area contributed by atoms with Crippen molar-refractivity contribution in [2.75, 3.05) is 4.90 Å². The number of fused-ring (bicyclic) bond motifs is 1. The lowest BCUT2D eigenvalue weighted by atomic mass is 10.0. The zero-order valence-corrected chi connectivity index (χ0v) is 23.0. The Hall–Kier alpha value is -5.04. The molecule has 41 heavy (non-hydrogen) atoms. The summed E-state index contributed by atoms with van der Waals surface area (Å²) in [5.74, 6) is -0.767. The topological polar surface area (TPSA) is 90.0 Å². The molecule has 0 fully saturated rings. The van der Waals surface area contributed by atoms with E-state index in [-0.39, 0.29) is 22.5 Å². The second-order valence-electron chi connectivity index (χ2n) is 9.98. The van der Waals surface area contributed by atoms with Gasteiger partial charge in [0.1, 0.15) is 11.5 Å². The number of nitrogens with zero attached hydrogens (tertiary/aromatic N) is 1. The summed E-state index contributed by atoms with van der Waals surface area (Å²) in [6, 6.07) is 25.5. The van der Waals surface area contributed by atoms with Crippen molar-refractivity contribution in [3.8, 4) is 11.5 Å². The highest BCUT2D eigenvalue weighted by Gasteiger charge is 2.37. The normalized spacial score (nSPS) is 13.1. The van der Waals surface area contributed by atoms with E-state index in [4.69, 9.17) is 9.47 Å². The molecule has 1 aliphatic rings. The molecule has 0 aliphatic carbocycles. The second kappa shape index (κ2) is 11.6. The van der Waals surface area contributed by atoms with E-state index in [0.29, 0.717) is 29.8 Å². The van der Waals surface area contributed by atoms with E-state index in [1.807, 2.05) is 39.0 Å². The quantitative estimate of drug-likeness (QED) is 0.126. The molecule has 206 valence electrons. The van der Waals surface area contributed by atoms with Crippen molar-refractivity contribution in [2.45, 2.75) is 39.7 Å². The third-order valence-corrected chi connectivity index (χ3v) is 6.94. The average Bonchev–Trinajstić information content (AvgIpc) is 3.24. The molecule has 1 unspecified atom stereocenters. The molecule has 0 radical (unpaired) electrons. The minimum absolute atomic E-state index is 0.0889. The zero-order chi connectivity index (χ0) is 29.1. The molecule has 5 rings (SSSR count). The summed E-state index contributed by atoms with van der Waals surface area (Å²) < 4.78 is 11.6. The third-order valence-electron chi connectivity index (χ3n) is 6.94. The van der Waals surface area contributed by atoms with Crippen LogP contribution in [0.1, 0.15) is 72.3 Å². The van der Waals surface area contributed by atoms with Gasteiger partial charge in [-0.3, -0.25) is 14.4 Å². The first kappa shape index (κ1) is 27.5. The summed E-state index contributed by atoms with van der Waals surface area (Å²) in [5.41, 5.74) is 3.26. The molecule has 1 heterocycles. The van der Waals surface area contributed by atoms with Gasteiger partial charge in [-0.25, -0.2) is 9.69 Å². The first-order valence-electron chi connectivity index (χ1n) is 13.4. The number of carbonyl (C=O) groups excluding carboxylic acids is 4. The van der Waals surface area contributed by atoms with E-state index in [0.717, 1.165) is 21.8 Å². The van der Waals surface area contributed by atoms with Crippen LogP contribution in [0.2, 0.25) is 0 Å². The SMILES string of the molecule is CCCC(OC(=O)c1ccc2c(c1)C(=O)N(c1ccc(Oc3cc(C)ccc3C)cc1)C2=O)C(=O)c1ccccc1. The highest BCUT2D eigenvalue weighted by molar-refractivity contribution is 6.34. The number of amides is 2. The van der Waals surface area contributed by atoms with Crippen LogP contribution in [-0.4, -0.2) is 29.7 Å². The van der Waals surface area contributed by atoms with Crippen molar-refractivity contribution >= 4 is 29.3 Å². The number of hydrogen-bond donors (Lipinski definition) is 0. The lowest BCUT2D eigenvalue weighted by Crippen LogP contribution is -2.29. The maximum Gasteiger partial charge on any atom is 0.338 e. The summed E-state index contributed by atoms with van der Waals surface area (Å²) in [4.78, 5) is 53.6. The number of carbonyl (C=O) groups is 4. The molecule has 0 bridgehead atoms. The summed E-state index contributed by atoms with van der Waals surface area (Å²) >= 11 is 0. The predicted molar refractivity (Wildman–Crippen MR) is 155 cm³/mol. The highest BCUT2D eigenvalue weighted by Crippen LogP contribution is 2.32. The smallest absolute Gasteiger partial charge is 0.338 e. The molecule has 0 saturated carbocycles. The highest BCUT2D eigenvalue weighted by atomic mass is 16.5. The van der Waals surface area contributed by atoms with Gasteiger partial charge in [0.25, 0.3) is 11.8 Å². The van der Waals surface area contributed by atoms with Crippen LogP contribution in [0.3, 0.4) is 0 Å². The van der Waals surface area contributed by atoms with Gasteiger partial charge >= 0.3 is 5.97 Å². The number of rotatable bonds is 9. The van der Waals surface area contributed by atoms with Gasteiger partial charge in [-0.05, 0) is 79.9 Å². The van der Waals surface area contributed by atoms with Gasteiger partial charge in [-0.2, -0.15) is 0 Å². The van der Waals surface area contributed by atoms with E-state index in [1.54, 1.807) is 54.6 Å². The predicted octanol–water partition coefficient (Wildman–Crippen LogP) is 7.10. The molecule has 0 saturated heterocycles. The molecule has 1 aliphatic heterocycles. The number of aryl methyl sites for hydroxylation is 2. The Labute approximate surface area is 238 Å². The molecular formula is C34H29NO6. The van der Waals surface area contributed by atoms with Crippen molar-refractivity contribution in [1.29, 1.82) is 0 Å². The van der Waals surface area contributed by atoms with E-state index in [1.165, 1.54) is 18.2 Å². The van der Waals surface area contributed by atoms with E-state index >= 15 is 0 Å². The van der Waals surface area contributed by atoms with Gasteiger partial charge < -0.3 is 9.47 Å². The van der Waals surface area contributed by atoms with Crippen molar-refractivity contribution in [2.24, 2.45) is 0 Å². The number of esters is 1. The van der Waals surface area contributed by atoms with Crippen molar-refractivity contribution in [3.63, 3.8) is 0 Å². The van der Waals surface area contributed by atoms with Crippen molar-refractivity contribution in [3.05, 3.63) is 124 Å². The minimum Gasteiger partial charge on any atom is -0.457 e. The molecule has 0 aromatic heterocycles. The van der Waals surface area contributed by atoms with Crippen LogP contribution >= 0.6 is 0 Å². The second-order valence-corrected chi connectivity index (χ2v) is 9.98. The number of hydrogen-bond acceptors (Lipinski definition) is 6. The number of ether oxygens (including phenoxy) is 2. The lowest BCUT2D eigenvalue weighted by Gasteiger charge is -2.16. The Kier molecular flexibility index (Phi) is 7.79. The largest absolute Gasteiger partial charge is 0.457 e. The van der Waals surface area contributed by atoms with Crippen LogP contribution < -0.4 is 9.64 Å². The standard InChI is InChI=1S/C34H29NO6/c1-4-8-29(31(36)23-9-6-5-7-10-23)41-34(39)24-13-18-27-28(20-24)33(38)35(32(27)37)25-14-16-26(17-15-25)40-30-19-21(2)11-12-22(30)3/h5-7,9-20,29H,4,8H2,1-3H3. The number of imide groups is 1. The van der Waals surface area contributed by atoms with Crippen LogP contribution in [0.5, 0.6) is 11.5 Å². The molecule has 4 aromatic carbocycles. The van der Waals surface area contributed by atoms with Gasteiger partial charge in [0, 0.05) is 5.56 Å². The summed E-state index contributed by atoms with van der Waals surface area (Å²) in [6.07, 6.45) is 0.0388. The van der Waals surface area contributed by atoms with Crippen molar-refractivity contribution in [1.82, 2.24) is 0 Å². The molecule has 7 nitrogen and oxygen atoms in total. The lowest BCUT2D eigenvalue weighted by molar-refractivity contribution is 0.0266. The maximum atomic E-state index is 13.3. The Balaban J connectivity index is 1.33. The Morgan fingerprint density at radius 3 is 2.20 bits per heavy atom. The number of benzene rings is 4. The average molecular weight is 548 g/mol. The fourth-order valence-electron chi connectivity index (χ4n) is 4.70. The summed E-state index contributed by atoms with van der Waals surface area (Å²) in [7, 11) is 0. The van der Waals surface area contributed by atoms with Crippen LogP contribution in [0.15, 0.2) is 91.0 Å². The van der Waals surface area contributed by atoms with Crippen LogP contribution in [0.25, 0.3) is 0 Å². The first-order chi connectivity index (χ1) is 19.8. The van der Waals surface area contributed by atoms with Gasteiger partial charge in [0.15, 0.2) is 6.10 Å². The fraction of sp³-hybridized carbons (Fsp3) is 0.176. The molecule has 1 atom stereocenters. The molecule has 2 amide bonds. The number of ketones is 1. The first-order valence-corrected chi connectivity index (χ1v) is 13.4. The Morgan fingerprint density at radius 2 is 1.49 bits per heavy atom. The van der Waals surface area contributed by atoms with Crippen LogP contribution in [0.4, 0.5) is 5.69 Å².